The number of rotatable bonds is 6. The third-order valence-corrected chi connectivity index (χ3v) is 3.95. The van der Waals surface area contributed by atoms with Gasteiger partial charge in [-0.25, -0.2) is 4.57 Å². The Balaban J connectivity index is 0.00000441. The van der Waals surface area contributed by atoms with Gasteiger partial charge in [-0.05, 0) is 0 Å². The van der Waals surface area contributed by atoms with Crippen molar-refractivity contribution in [2.75, 3.05) is 13.2 Å². The van der Waals surface area contributed by atoms with Crippen LogP contribution in [0.4, 0.5) is 0 Å². The quantitative estimate of drug-likeness (QED) is 0.164. The average Bonchev–Trinajstić information content (AvgIpc) is 2.45. The first-order valence-electron chi connectivity index (χ1n) is 5.95. The van der Waals surface area contributed by atoms with E-state index in [1.807, 2.05) is 0 Å². The maximum absolute atomic E-state index is 11.6. The van der Waals surface area contributed by atoms with Crippen molar-refractivity contribution in [3.8, 4) is 0 Å². The molecule has 0 aromatic rings. The molecular formula is C9H19CaO11P+2. The van der Waals surface area contributed by atoms with E-state index in [-0.39, 0.29) is 37.7 Å². The monoisotopic (exact) mass is 374 g/mol. The summed E-state index contributed by atoms with van der Waals surface area (Å²) in [5, 5.41) is 64.8. The molecule has 3 unspecified atom stereocenters. The fourth-order valence-corrected chi connectivity index (χ4v) is 2.72. The second kappa shape index (κ2) is 9.54. The molecule has 1 aliphatic carbocycles. The van der Waals surface area contributed by atoms with E-state index in [0.717, 1.165) is 0 Å². The largest absolute Gasteiger partial charge is 2.00 e. The summed E-state index contributed by atoms with van der Waals surface area (Å²) < 4.78 is 20.3. The first-order chi connectivity index (χ1) is 9.60. The summed E-state index contributed by atoms with van der Waals surface area (Å²) in [6, 6.07) is 0. The van der Waals surface area contributed by atoms with E-state index < -0.39 is 63.8 Å². The molecule has 13 heteroatoms. The second-order valence-corrected chi connectivity index (χ2v) is 6.03. The Morgan fingerprint density at radius 2 is 1.36 bits per heavy atom. The molecule has 0 saturated heterocycles. The van der Waals surface area contributed by atoms with E-state index in [0.29, 0.717) is 0 Å². The Morgan fingerprint density at radius 1 is 0.955 bits per heavy atom. The van der Waals surface area contributed by atoms with Gasteiger partial charge in [0.25, 0.3) is 0 Å². The van der Waals surface area contributed by atoms with Crippen molar-refractivity contribution in [1.82, 2.24) is 0 Å². The minimum absolute atomic E-state index is 0. The minimum Gasteiger partial charge on any atom is -0.394 e. The summed E-state index contributed by atoms with van der Waals surface area (Å²) in [7, 11) is -4.87. The van der Waals surface area contributed by atoms with Crippen LogP contribution in [0.15, 0.2) is 0 Å². The fourth-order valence-electron chi connectivity index (χ4n) is 1.74. The van der Waals surface area contributed by atoms with E-state index >= 15 is 0 Å². The molecule has 0 aliphatic heterocycles. The topological polar surface area (TPSA) is 197 Å². The van der Waals surface area contributed by atoms with Crippen molar-refractivity contribution in [3.05, 3.63) is 0 Å². The Hall–Kier alpha value is 1.09. The molecule has 1 fully saturated rings. The Kier molecular flexibility index (Phi) is 10.0. The van der Waals surface area contributed by atoms with Gasteiger partial charge in [-0.3, -0.25) is 9.05 Å². The third-order valence-electron chi connectivity index (χ3n) is 2.97. The molecule has 1 aliphatic rings. The number of aliphatic hydroxyl groups is 7. The van der Waals surface area contributed by atoms with Crippen molar-refractivity contribution in [1.29, 1.82) is 0 Å². The van der Waals surface area contributed by atoms with Gasteiger partial charge < -0.3 is 40.6 Å². The molecular weight excluding hydrogens is 355 g/mol. The number of aliphatic hydroxyl groups excluding tert-OH is 7. The molecule has 0 amide bonds. The zero-order valence-corrected chi connectivity index (χ0v) is 14.5. The first-order valence-corrected chi connectivity index (χ1v) is 7.45. The fraction of sp³-hybridized carbons (Fsp3) is 1.00. The zero-order valence-electron chi connectivity index (χ0n) is 11.4. The van der Waals surface area contributed by atoms with Crippen molar-refractivity contribution in [2.45, 2.75) is 42.7 Å². The normalized spacial score (nSPS) is 39.6. The van der Waals surface area contributed by atoms with Gasteiger partial charge in [-0.15, -0.1) is 0 Å². The summed E-state index contributed by atoms with van der Waals surface area (Å²) in [5.74, 6) is 0. The van der Waals surface area contributed by atoms with E-state index in [1.165, 1.54) is 0 Å². The summed E-state index contributed by atoms with van der Waals surface area (Å²) in [4.78, 5) is 9.36. The van der Waals surface area contributed by atoms with E-state index in [1.54, 1.807) is 0 Å². The summed E-state index contributed by atoms with van der Waals surface area (Å²) >= 11 is 0. The maximum atomic E-state index is 11.6. The third kappa shape index (κ3) is 5.87. The summed E-state index contributed by atoms with van der Waals surface area (Å²) in [6.45, 7) is -1.50. The van der Waals surface area contributed by atoms with Crippen LogP contribution in [-0.2, 0) is 13.6 Å². The van der Waals surface area contributed by atoms with Crippen molar-refractivity contribution < 1.29 is 54.3 Å². The smallest absolute Gasteiger partial charge is 0.394 e. The zero-order chi connectivity index (χ0) is 16.4. The van der Waals surface area contributed by atoms with Crippen molar-refractivity contribution >= 4 is 45.6 Å². The second-order valence-electron chi connectivity index (χ2n) is 4.62. The predicted molar refractivity (Wildman–Crippen MR) is 69.5 cm³/mol. The molecule has 22 heavy (non-hydrogen) atoms. The molecule has 11 nitrogen and oxygen atoms in total. The molecule has 8 atom stereocenters. The first kappa shape index (κ1) is 23.1. The van der Waals surface area contributed by atoms with Crippen LogP contribution in [0.1, 0.15) is 0 Å². The van der Waals surface area contributed by atoms with Crippen LogP contribution in [0, 0.1) is 0 Å². The Labute approximate surface area is 155 Å². The molecule has 0 spiro atoms. The summed E-state index contributed by atoms with van der Waals surface area (Å²) in [6.07, 6.45) is -13.0. The van der Waals surface area contributed by atoms with E-state index in [4.69, 9.17) is 10.2 Å². The summed E-state index contributed by atoms with van der Waals surface area (Å²) in [5.41, 5.74) is 0. The number of phosphoric acid groups is 1. The maximum Gasteiger partial charge on any atom is 2.00 e. The Bertz CT molecular complexity index is 369. The minimum atomic E-state index is -4.87. The molecule has 8 N–H and O–H groups in total. The molecule has 0 heterocycles. The van der Waals surface area contributed by atoms with Crippen LogP contribution in [0.25, 0.3) is 0 Å². The van der Waals surface area contributed by atoms with Crippen LogP contribution in [0.5, 0.6) is 0 Å². The number of hydrogen-bond acceptors (Lipinski definition) is 10. The van der Waals surface area contributed by atoms with Crippen molar-refractivity contribution in [3.63, 3.8) is 0 Å². The van der Waals surface area contributed by atoms with Gasteiger partial charge in [0.1, 0.15) is 42.7 Å². The van der Waals surface area contributed by atoms with Gasteiger partial charge in [0.05, 0.1) is 13.2 Å². The van der Waals surface area contributed by atoms with Crippen LogP contribution in [-0.4, -0.2) is 134 Å². The van der Waals surface area contributed by atoms with E-state index in [9.17, 15) is 35.0 Å². The van der Waals surface area contributed by atoms with Crippen LogP contribution in [0.2, 0.25) is 0 Å². The molecule has 1 rings (SSSR count). The molecule has 0 bridgehead atoms. The van der Waals surface area contributed by atoms with Gasteiger partial charge in [0.15, 0.2) is 0 Å². The molecule has 0 aromatic heterocycles. The van der Waals surface area contributed by atoms with Crippen LogP contribution in [0.3, 0.4) is 0 Å². The van der Waals surface area contributed by atoms with Gasteiger partial charge in [-0.2, -0.15) is 0 Å². The van der Waals surface area contributed by atoms with Crippen LogP contribution >= 0.6 is 7.82 Å². The predicted octanol–water partition coefficient (Wildman–Crippen LogP) is -4.72. The Morgan fingerprint density at radius 3 is 1.77 bits per heavy atom. The molecule has 0 aromatic carbocycles. The van der Waals surface area contributed by atoms with Gasteiger partial charge in [0, 0.05) is 0 Å². The van der Waals surface area contributed by atoms with Gasteiger partial charge >= 0.3 is 45.6 Å². The molecule has 0 radical (unpaired) electrons. The van der Waals surface area contributed by atoms with Crippen molar-refractivity contribution in [2.24, 2.45) is 0 Å². The van der Waals surface area contributed by atoms with E-state index in [2.05, 4.69) is 9.05 Å². The standard InChI is InChI=1S/C9H19O11P.Ca/c10-1-3(11)2-19-21(17,18)20-9-7(15)5(13)4(12)6(14)8(9)16;/h3-16H,1-2H2,(H,17,18);/q;+2/t3-,4?,5-,6+,7+,8+,9?;/m0./s1. The average molecular weight is 374 g/mol. The molecule has 126 valence electrons. The van der Waals surface area contributed by atoms with Gasteiger partial charge in [0.2, 0.25) is 0 Å². The SMILES string of the molecule is O=P(O)(OC[C@@H](O)CO)OC1[C@H](O)[C@H](O)C(O)[C@H](O)[C@H]1O.[Ca+2]. The van der Waals surface area contributed by atoms with Crippen LogP contribution < -0.4 is 0 Å². The number of phosphoric ester groups is 1. The van der Waals surface area contributed by atoms with Gasteiger partial charge in [-0.1, -0.05) is 0 Å². The molecule has 1 saturated carbocycles. The number of hydrogen-bond donors (Lipinski definition) is 8.